The van der Waals surface area contributed by atoms with Gasteiger partial charge < -0.3 is 19.7 Å². The standard InChI is InChI=1S/C11H20N4O2/c1-8(12-2)10-13-14-11(17-10)15-5-3-4-9(6-15)7-16/h8-9,12,16H,3-7H2,1-2H3. The second-order valence-electron chi connectivity index (χ2n) is 4.57. The summed E-state index contributed by atoms with van der Waals surface area (Å²) < 4.78 is 5.63. The first-order valence-electron chi connectivity index (χ1n) is 6.11. The molecule has 0 aliphatic carbocycles. The molecule has 0 bridgehead atoms. The monoisotopic (exact) mass is 240 g/mol. The molecule has 1 aromatic heterocycles. The molecule has 1 aliphatic rings. The highest BCUT2D eigenvalue weighted by molar-refractivity contribution is 5.25. The molecule has 2 N–H and O–H groups in total. The zero-order chi connectivity index (χ0) is 12.3. The highest BCUT2D eigenvalue weighted by Gasteiger charge is 2.23. The summed E-state index contributed by atoms with van der Waals surface area (Å²) in [6.07, 6.45) is 2.13. The number of anilines is 1. The van der Waals surface area contributed by atoms with E-state index in [1.165, 1.54) is 0 Å². The van der Waals surface area contributed by atoms with Crippen molar-refractivity contribution in [1.29, 1.82) is 0 Å². The predicted octanol–water partition coefficient (Wildman–Crippen LogP) is 0.559. The fourth-order valence-corrected chi connectivity index (χ4v) is 2.04. The van der Waals surface area contributed by atoms with Gasteiger partial charge in [-0.1, -0.05) is 5.10 Å². The number of rotatable bonds is 4. The molecule has 0 saturated carbocycles. The van der Waals surface area contributed by atoms with Crippen LogP contribution >= 0.6 is 0 Å². The van der Waals surface area contributed by atoms with Crippen LogP contribution in [-0.2, 0) is 0 Å². The van der Waals surface area contributed by atoms with E-state index in [1.54, 1.807) is 0 Å². The van der Waals surface area contributed by atoms with Crippen molar-refractivity contribution < 1.29 is 9.52 Å². The lowest BCUT2D eigenvalue weighted by atomic mass is 10.00. The van der Waals surface area contributed by atoms with Gasteiger partial charge in [0.2, 0.25) is 5.89 Å². The van der Waals surface area contributed by atoms with Gasteiger partial charge >= 0.3 is 6.01 Å². The van der Waals surface area contributed by atoms with Gasteiger partial charge in [-0.25, -0.2) is 0 Å². The van der Waals surface area contributed by atoms with Crippen molar-refractivity contribution in [3.05, 3.63) is 5.89 Å². The van der Waals surface area contributed by atoms with Crippen LogP contribution in [0.4, 0.5) is 6.01 Å². The van der Waals surface area contributed by atoms with Gasteiger partial charge in [-0.05, 0) is 32.7 Å². The fraction of sp³-hybridized carbons (Fsp3) is 0.818. The van der Waals surface area contributed by atoms with Gasteiger partial charge in [-0.2, -0.15) is 0 Å². The number of aliphatic hydroxyl groups is 1. The van der Waals surface area contributed by atoms with Crippen LogP contribution in [0.1, 0.15) is 31.7 Å². The lowest BCUT2D eigenvalue weighted by Gasteiger charge is -2.30. The molecule has 96 valence electrons. The van der Waals surface area contributed by atoms with Crippen molar-refractivity contribution in [2.24, 2.45) is 5.92 Å². The van der Waals surface area contributed by atoms with Crippen molar-refractivity contribution in [3.8, 4) is 0 Å². The summed E-state index contributed by atoms with van der Waals surface area (Å²) in [5.74, 6) is 0.925. The molecule has 2 rings (SSSR count). The number of hydrogen-bond donors (Lipinski definition) is 2. The Morgan fingerprint density at radius 3 is 3.12 bits per heavy atom. The first-order valence-corrected chi connectivity index (χ1v) is 6.11. The Balaban J connectivity index is 2.04. The molecule has 1 aromatic rings. The van der Waals surface area contributed by atoms with Crippen LogP contribution in [0.2, 0.25) is 0 Å². The first-order chi connectivity index (χ1) is 8.24. The summed E-state index contributed by atoms with van der Waals surface area (Å²) >= 11 is 0. The third kappa shape index (κ3) is 2.76. The van der Waals surface area contributed by atoms with Gasteiger partial charge in [0.25, 0.3) is 0 Å². The van der Waals surface area contributed by atoms with Crippen LogP contribution in [0.25, 0.3) is 0 Å². The van der Waals surface area contributed by atoms with E-state index in [2.05, 4.69) is 20.4 Å². The lowest BCUT2D eigenvalue weighted by molar-refractivity contribution is 0.206. The van der Waals surface area contributed by atoms with E-state index in [-0.39, 0.29) is 12.6 Å². The lowest BCUT2D eigenvalue weighted by Crippen LogP contribution is -2.37. The molecule has 6 nitrogen and oxygen atoms in total. The summed E-state index contributed by atoms with van der Waals surface area (Å²) in [4.78, 5) is 2.06. The Morgan fingerprint density at radius 1 is 1.59 bits per heavy atom. The summed E-state index contributed by atoms with van der Waals surface area (Å²) in [6.45, 7) is 3.92. The largest absolute Gasteiger partial charge is 0.406 e. The second-order valence-corrected chi connectivity index (χ2v) is 4.57. The molecular formula is C11H20N4O2. The Labute approximate surface area is 101 Å². The number of aromatic nitrogens is 2. The van der Waals surface area contributed by atoms with E-state index in [0.29, 0.717) is 17.8 Å². The van der Waals surface area contributed by atoms with Crippen molar-refractivity contribution in [2.45, 2.75) is 25.8 Å². The van der Waals surface area contributed by atoms with E-state index in [4.69, 9.17) is 4.42 Å². The van der Waals surface area contributed by atoms with Gasteiger partial charge in [0.15, 0.2) is 0 Å². The minimum Gasteiger partial charge on any atom is -0.406 e. The number of nitrogens with one attached hydrogen (secondary N) is 1. The van der Waals surface area contributed by atoms with Gasteiger partial charge in [-0.3, -0.25) is 0 Å². The van der Waals surface area contributed by atoms with Gasteiger partial charge in [-0.15, -0.1) is 5.10 Å². The molecule has 1 saturated heterocycles. The van der Waals surface area contributed by atoms with E-state index in [0.717, 1.165) is 25.9 Å². The number of hydrogen-bond acceptors (Lipinski definition) is 6. The summed E-state index contributed by atoms with van der Waals surface area (Å²) in [7, 11) is 1.86. The van der Waals surface area contributed by atoms with E-state index in [1.807, 2.05) is 14.0 Å². The van der Waals surface area contributed by atoms with Crippen LogP contribution < -0.4 is 10.2 Å². The van der Waals surface area contributed by atoms with Gasteiger partial charge in [0.05, 0.1) is 6.04 Å². The van der Waals surface area contributed by atoms with E-state index in [9.17, 15) is 5.11 Å². The highest BCUT2D eigenvalue weighted by atomic mass is 16.4. The third-order valence-electron chi connectivity index (χ3n) is 3.28. The maximum Gasteiger partial charge on any atom is 0.318 e. The quantitative estimate of drug-likeness (QED) is 0.801. The third-order valence-corrected chi connectivity index (χ3v) is 3.28. The van der Waals surface area contributed by atoms with Crippen LogP contribution in [0.5, 0.6) is 0 Å². The molecule has 1 aliphatic heterocycles. The Hall–Kier alpha value is -1.14. The molecule has 1 fully saturated rings. The van der Waals surface area contributed by atoms with Crippen molar-refractivity contribution >= 4 is 6.01 Å². The number of piperidine rings is 1. The smallest absolute Gasteiger partial charge is 0.318 e. The van der Waals surface area contributed by atoms with Crippen molar-refractivity contribution in [1.82, 2.24) is 15.5 Å². The van der Waals surface area contributed by atoms with E-state index >= 15 is 0 Å². The average Bonchev–Trinajstić information content (AvgIpc) is 2.87. The Bertz CT molecular complexity index is 355. The Kier molecular flexibility index (Phi) is 3.96. The molecule has 6 heteroatoms. The minimum absolute atomic E-state index is 0.0645. The maximum absolute atomic E-state index is 9.18. The van der Waals surface area contributed by atoms with Gasteiger partial charge in [0, 0.05) is 19.7 Å². The van der Waals surface area contributed by atoms with Crippen LogP contribution in [0.15, 0.2) is 4.42 Å². The molecule has 17 heavy (non-hydrogen) atoms. The topological polar surface area (TPSA) is 74.4 Å². The van der Waals surface area contributed by atoms with Crippen LogP contribution in [-0.4, -0.2) is 42.0 Å². The summed E-state index contributed by atoms with van der Waals surface area (Å²) in [5, 5.41) is 20.3. The SMILES string of the molecule is CNC(C)c1nnc(N2CCCC(CO)C2)o1. The normalized spacial score (nSPS) is 22.8. The summed E-state index contributed by atoms with van der Waals surface area (Å²) in [6, 6.07) is 0.634. The van der Waals surface area contributed by atoms with Crippen LogP contribution in [0.3, 0.4) is 0 Å². The van der Waals surface area contributed by atoms with Gasteiger partial charge in [0.1, 0.15) is 0 Å². The molecule has 2 unspecified atom stereocenters. The van der Waals surface area contributed by atoms with Crippen molar-refractivity contribution in [2.75, 3.05) is 31.6 Å². The number of aliphatic hydroxyl groups excluding tert-OH is 1. The predicted molar refractivity (Wildman–Crippen MR) is 63.8 cm³/mol. The molecule has 0 radical (unpaired) electrons. The number of nitrogens with zero attached hydrogens (tertiary/aromatic N) is 3. The zero-order valence-corrected chi connectivity index (χ0v) is 10.4. The minimum atomic E-state index is 0.0645. The average molecular weight is 240 g/mol. The molecule has 0 aromatic carbocycles. The molecule has 2 heterocycles. The molecule has 2 atom stereocenters. The highest BCUT2D eigenvalue weighted by Crippen LogP contribution is 2.23. The maximum atomic E-state index is 9.18. The molecule has 0 spiro atoms. The fourth-order valence-electron chi connectivity index (χ4n) is 2.04. The molecule has 0 amide bonds. The van der Waals surface area contributed by atoms with E-state index < -0.39 is 0 Å². The summed E-state index contributed by atoms with van der Waals surface area (Å²) in [5.41, 5.74) is 0. The first kappa shape index (κ1) is 12.3. The molecular weight excluding hydrogens is 220 g/mol. The zero-order valence-electron chi connectivity index (χ0n) is 10.4. The van der Waals surface area contributed by atoms with Crippen LogP contribution in [0, 0.1) is 5.92 Å². The second kappa shape index (κ2) is 5.46. The Morgan fingerprint density at radius 2 is 2.41 bits per heavy atom. The van der Waals surface area contributed by atoms with Crippen molar-refractivity contribution in [3.63, 3.8) is 0 Å².